The van der Waals surface area contributed by atoms with Gasteiger partial charge in [0, 0.05) is 24.2 Å². The maximum absolute atomic E-state index is 12.8. The summed E-state index contributed by atoms with van der Waals surface area (Å²) in [4.78, 5) is 17.9. The van der Waals surface area contributed by atoms with E-state index in [1.165, 1.54) is 0 Å². The highest BCUT2D eigenvalue weighted by atomic mass is 16.3. The summed E-state index contributed by atoms with van der Waals surface area (Å²) >= 11 is 0. The number of tetrazole rings is 1. The Morgan fingerprint density at radius 1 is 1.26 bits per heavy atom. The van der Waals surface area contributed by atoms with Crippen molar-refractivity contribution in [3.63, 3.8) is 0 Å². The molecule has 3 aromatic rings. The van der Waals surface area contributed by atoms with Gasteiger partial charge in [0.2, 0.25) is 0 Å². The van der Waals surface area contributed by atoms with Gasteiger partial charge in [-0.1, -0.05) is 32.4 Å². The number of pyridine rings is 1. The molecule has 31 heavy (non-hydrogen) atoms. The number of nitrogens with zero attached hydrogens (tertiary/aromatic N) is 5. The topological polar surface area (TPSA) is 99.9 Å². The number of hydrogen-bond acceptors (Lipinski definition) is 6. The summed E-state index contributed by atoms with van der Waals surface area (Å²) in [6.45, 7) is 13.4. The van der Waals surface area contributed by atoms with Gasteiger partial charge in [-0.25, -0.2) is 4.68 Å². The fourth-order valence-electron chi connectivity index (χ4n) is 3.99. The van der Waals surface area contributed by atoms with Gasteiger partial charge in [-0.2, -0.15) is 0 Å². The Balaban J connectivity index is 2.04. The number of nitrogens with one attached hydrogen (secondary N) is 1. The summed E-state index contributed by atoms with van der Waals surface area (Å²) in [6, 6.07) is 7.77. The SMILES string of the molecule is CCC(C)(C)n1nnnc1[C@@H](C(C)C)N(CCO)Cc1cc2cc(C)ccc2[nH]c1=O. The number of aromatic nitrogens is 5. The van der Waals surface area contributed by atoms with Crippen LogP contribution in [0.25, 0.3) is 10.9 Å². The quantitative estimate of drug-likeness (QED) is 0.545. The molecule has 168 valence electrons. The molecule has 1 aromatic carbocycles. The minimum absolute atomic E-state index is 0.0213. The van der Waals surface area contributed by atoms with Crippen LogP contribution >= 0.6 is 0 Å². The lowest BCUT2D eigenvalue weighted by Gasteiger charge is -2.35. The number of aliphatic hydroxyl groups excluding tert-OH is 1. The highest BCUT2D eigenvalue weighted by molar-refractivity contribution is 5.79. The van der Waals surface area contributed by atoms with Crippen LogP contribution < -0.4 is 5.56 Å². The van der Waals surface area contributed by atoms with Crippen molar-refractivity contribution in [2.45, 2.75) is 66.1 Å². The minimum Gasteiger partial charge on any atom is -0.395 e. The fourth-order valence-corrected chi connectivity index (χ4v) is 3.99. The van der Waals surface area contributed by atoms with Crippen LogP contribution in [0.2, 0.25) is 0 Å². The van der Waals surface area contributed by atoms with Gasteiger partial charge in [0.25, 0.3) is 5.56 Å². The summed E-state index contributed by atoms with van der Waals surface area (Å²) in [5, 5.41) is 23.4. The first kappa shape index (κ1) is 23.1. The van der Waals surface area contributed by atoms with Crippen molar-refractivity contribution in [1.29, 1.82) is 0 Å². The Hall–Kier alpha value is -2.58. The molecule has 0 saturated heterocycles. The smallest absolute Gasteiger partial charge is 0.252 e. The monoisotopic (exact) mass is 426 g/mol. The molecule has 3 rings (SSSR count). The van der Waals surface area contributed by atoms with Crippen molar-refractivity contribution in [2.75, 3.05) is 13.2 Å². The number of benzene rings is 1. The molecule has 0 unspecified atom stereocenters. The van der Waals surface area contributed by atoms with Crippen LogP contribution in [0.3, 0.4) is 0 Å². The third-order valence-corrected chi connectivity index (χ3v) is 6.06. The van der Waals surface area contributed by atoms with Crippen molar-refractivity contribution < 1.29 is 5.11 Å². The van der Waals surface area contributed by atoms with Gasteiger partial charge < -0.3 is 10.1 Å². The molecule has 0 aliphatic heterocycles. The lowest BCUT2D eigenvalue weighted by molar-refractivity contribution is 0.0999. The molecule has 0 spiro atoms. The van der Waals surface area contributed by atoms with Crippen LogP contribution in [-0.4, -0.2) is 48.3 Å². The van der Waals surface area contributed by atoms with Crippen molar-refractivity contribution in [2.24, 2.45) is 5.92 Å². The van der Waals surface area contributed by atoms with Crippen molar-refractivity contribution in [1.82, 2.24) is 30.1 Å². The second-order valence-corrected chi connectivity index (χ2v) is 9.21. The molecular weight excluding hydrogens is 392 g/mol. The maximum atomic E-state index is 12.8. The largest absolute Gasteiger partial charge is 0.395 e. The fraction of sp³-hybridized carbons (Fsp3) is 0.565. The predicted octanol–water partition coefficient (Wildman–Crippen LogP) is 3.16. The second-order valence-electron chi connectivity index (χ2n) is 9.21. The number of aryl methyl sites for hydroxylation is 1. The number of fused-ring (bicyclic) bond motifs is 1. The molecule has 2 heterocycles. The zero-order valence-corrected chi connectivity index (χ0v) is 19.4. The number of H-pyrrole nitrogens is 1. The zero-order chi connectivity index (χ0) is 22.8. The van der Waals surface area contributed by atoms with Crippen LogP contribution in [0.15, 0.2) is 29.1 Å². The standard InChI is InChI=1S/C23H34N6O2/c1-7-23(5,6)29-21(25-26-27-29)20(15(2)3)28(10-11-30)14-18-13-17-12-16(4)8-9-19(17)24-22(18)31/h8-9,12-13,15,20,30H,7,10-11,14H2,1-6H3,(H,24,31)/t20-/m1/s1. The molecule has 8 nitrogen and oxygen atoms in total. The van der Waals surface area contributed by atoms with Gasteiger partial charge in [0.05, 0.1) is 18.2 Å². The summed E-state index contributed by atoms with van der Waals surface area (Å²) in [6.07, 6.45) is 0.875. The van der Waals surface area contributed by atoms with E-state index in [4.69, 9.17) is 0 Å². The van der Waals surface area contributed by atoms with Gasteiger partial charge in [-0.15, -0.1) is 5.10 Å². The van der Waals surface area contributed by atoms with E-state index in [0.717, 1.165) is 28.7 Å². The summed E-state index contributed by atoms with van der Waals surface area (Å²) in [7, 11) is 0. The molecule has 2 aromatic heterocycles. The van der Waals surface area contributed by atoms with Crippen LogP contribution in [0.4, 0.5) is 0 Å². The summed E-state index contributed by atoms with van der Waals surface area (Å²) < 4.78 is 1.88. The molecule has 0 aliphatic carbocycles. The summed E-state index contributed by atoms with van der Waals surface area (Å²) in [5.74, 6) is 0.925. The van der Waals surface area contributed by atoms with E-state index >= 15 is 0 Å². The minimum atomic E-state index is -0.241. The molecule has 2 N–H and O–H groups in total. The zero-order valence-electron chi connectivity index (χ0n) is 19.4. The maximum Gasteiger partial charge on any atom is 0.252 e. The Labute approximate surface area is 183 Å². The average Bonchev–Trinajstić information content (AvgIpc) is 3.19. The van der Waals surface area contributed by atoms with Crippen molar-refractivity contribution in [3.05, 3.63) is 51.6 Å². The highest BCUT2D eigenvalue weighted by Crippen LogP contribution is 2.31. The van der Waals surface area contributed by atoms with Crippen molar-refractivity contribution >= 4 is 10.9 Å². The first-order valence-corrected chi connectivity index (χ1v) is 10.9. The van der Waals surface area contributed by atoms with Crippen LogP contribution in [0.5, 0.6) is 0 Å². The van der Waals surface area contributed by atoms with E-state index in [2.05, 4.69) is 66.1 Å². The van der Waals surface area contributed by atoms with Gasteiger partial charge in [0.15, 0.2) is 5.82 Å². The number of aromatic amines is 1. The highest BCUT2D eigenvalue weighted by Gasteiger charge is 2.33. The van der Waals surface area contributed by atoms with Crippen LogP contribution in [0.1, 0.15) is 64.0 Å². The van der Waals surface area contributed by atoms with Crippen LogP contribution in [-0.2, 0) is 12.1 Å². The molecule has 0 fully saturated rings. The Morgan fingerprint density at radius 3 is 2.65 bits per heavy atom. The molecule has 0 radical (unpaired) electrons. The van der Waals surface area contributed by atoms with Crippen molar-refractivity contribution in [3.8, 4) is 0 Å². The van der Waals surface area contributed by atoms with Gasteiger partial charge >= 0.3 is 0 Å². The molecule has 0 aliphatic rings. The average molecular weight is 427 g/mol. The first-order valence-electron chi connectivity index (χ1n) is 10.9. The van der Waals surface area contributed by atoms with E-state index in [0.29, 0.717) is 18.7 Å². The molecule has 0 saturated carbocycles. The third kappa shape index (κ3) is 4.85. The Kier molecular flexibility index (Phi) is 6.91. The van der Waals surface area contributed by atoms with E-state index in [1.54, 1.807) is 0 Å². The number of aliphatic hydroxyl groups is 1. The van der Waals surface area contributed by atoms with E-state index < -0.39 is 0 Å². The van der Waals surface area contributed by atoms with E-state index in [1.807, 2.05) is 29.8 Å². The van der Waals surface area contributed by atoms with E-state index in [9.17, 15) is 9.90 Å². The first-order chi connectivity index (χ1) is 14.7. The number of rotatable bonds is 9. The second kappa shape index (κ2) is 9.28. The molecule has 0 amide bonds. The molecule has 1 atom stereocenters. The van der Waals surface area contributed by atoms with Crippen LogP contribution in [0, 0.1) is 12.8 Å². The number of hydrogen-bond donors (Lipinski definition) is 2. The molecular formula is C23H34N6O2. The Bertz CT molecular complexity index is 1090. The van der Waals surface area contributed by atoms with Gasteiger partial charge in [-0.05, 0) is 67.1 Å². The predicted molar refractivity (Wildman–Crippen MR) is 122 cm³/mol. The Morgan fingerprint density at radius 2 is 2.00 bits per heavy atom. The lowest BCUT2D eigenvalue weighted by Crippen LogP contribution is -2.39. The normalized spacial score (nSPS) is 13.5. The van der Waals surface area contributed by atoms with Gasteiger partial charge in [-0.3, -0.25) is 9.69 Å². The van der Waals surface area contributed by atoms with E-state index in [-0.39, 0.29) is 29.7 Å². The lowest BCUT2D eigenvalue weighted by atomic mass is 9.97. The molecule has 8 heteroatoms. The molecule has 0 bridgehead atoms. The third-order valence-electron chi connectivity index (χ3n) is 6.06. The summed E-state index contributed by atoms with van der Waals surface area (Å²) in [5.41, 5.74) is 2.26. The van der Waals surface area contributed by atoms with Gasteiger partial charge in [0.1, 0.15) is 0 Å².